The number of carbonyl (C=O) groups excluding carboxylic acids is 2. The van der Waals surface area contributed by atoms with Gasteiger partial charge in [0, 0.05) is 32.3 Å². The highest BCUT2D eigenvalue weighted by Crippen LogP contribution is 2.71. The number of ketones is 1. The molecule has 4 aliphatic rings. The van der Waals surface area contributed by atoms with E-state index in [4.69, 9.17) is 23.7 Å². The topological polar surface area (TPSA) is 83.6 Å². The fourth-order valence-corrected chi connectivity index (χ4v) is 5.73. The summed E-state index contributed by atoms with van der Waals surface area (Å²) in [4.78, 5) is 25.9. The van der Waals surface area contributed by atoms with Crippen molar-refractivity contribution in [2.45, 2.75) is 77.3 Å². The molecular weight excluding hydrogens is 376 g/mol. The van der Waals surface area contributed by atoms with Gasteiger partial charge in [0.2, 0.25) is 5.79 Å². The van der Waals surface area contributed by atoms with Crippen LogP contribution in [-0.4, -0.2) is 55.9 Å². The maximum atomic E-state index is 13.2. The number of allylic oxidation sites excluding steroid dienone is 1. The number of Topliss-reactive ketones (excluding diaryl/α,β-unsaturated/α-hetero) is 1. The van der Waals surface area contributed by atoms with Crippen molar-refractivity contribution in [3.8, 4) is 0 Å². The summed E-state index contributed by atoms with van der Waals surface area (Å²) in [6, 6.07) is 0. The zero-order chi connectivity index (χ0) is 21.4. The molecule has 7 heteroatoms. The molecule has 2 aliphatic heterocycles. The van der Waals surface area contributed by atoms with Crippen molar-refractivity contribution in [2.75, 3.05) is 14.2 Å². The molecule has 160 valence electrons. The van der Waals surface area contributed by atoms with Crippen LogP contribution < -0.4 is 0 Å². The molecule has 4 rings (SSSR count). The third-order valence-electron chi connectivity index (χ3n) is 7.40. The van der Waals surface area contributed by atoms with Gasteiger partial charge in [0.05, 0.1) is 5.41 Å². The fraction of sp³-hybridized carbons (Fsp3) is 0.727. The van der Waals surface area contributed by atoms with Gasteiger partial charge in [-0.25, -0.2) is 4.79 Å². The lowest BCUT2D eigenvalue weighted by molar-refractivity contribution is -0.268. The molecule has 2 heterocycles. The Morgan fingerprint density at radius 1 is 1.24 bits per heavy atom. The molecule has 7 atom stereocenters. The highest BCUT2D eigenvalue weighted by molar-refractivity contribution is 5.94. The average molecular weight is 406 g/mol. The van der Waals surface area contributed by atoms with E-state index in [9.17, 15) is 9.59 Å². The summed E-state index contributed by atoms with van der Waals surface area (Å²) in [7, 11) is 3.07. The highest BCUT2D eigenvalue weighted by atomic mass is 16.8. The number of ether oxygens (including phenoxy) is 5. The van der Waals surface area contributed by atoms with Gasteiger partial charge >= 0.3 is 5.97 Å². The van der Waals surface area contributed by atoms with Crippen molar-refractivity contribution in [3.63, 3.8) is 0 Å². The normalized spacial score (nSPS) is 45.3. The van der Waals surface area contributed by atoms with Crippen LogP contribution in [0.1, 0.15) is 47.5 Å². The van der Waals surface area contributed by atoms with Crippen LogP contribution in [0.15, 0.2) is 22.8 Å². The summed E-state index contributed by atoms with van der Waals surface area (Å²) in [5.41, 5.74) is 0.496. The Labute approximate surface area is 171 Å². The lowest BCUT2D eigenvalue weighted by atomic mass is 9.51. The SMILES string of the molecule is CO[C@H]1O[C@@]2(OC)C(=C1C)[C@@H](OC(=O)C=C(C)C)[C@]1(C)[C@@H](C)CCC(=O)[C@]13O[C@H]23. The minimum Gasteiger partial charge on any atom is -0.454 e. The number of methoxy groups -OCH3 is 2. The summed E-state index contributed by atoms with van der Waals surface area (Å²) in [5.74, 6) is -1.66. The third-order valence-corrected chi connectivity index (χ3v) is 7.40. The van der Waals surface area contributed by atoms with E-state index in [0.29, 0.717) is 18.4 Å². The van der Waals surface area contributed by atoms with Crippen molar-refractivity contribution in [3.05, 3.63) is 22.8 Å². The molecule has 3 fully saturated rings. The second-order valence-corrected chi connectivity index (χ2v) is 9.07. The second kappa shape index (κ2) is 6.48. The van der Waals surface area contributed by atoms with Gasteiger partial charge in [-0.05, 0) is 38.7 Å². The number of carbonyl (C=O) groups is 2. The van der Waals surface area contributed by atoms with Gasteiger partial charge in [0.15, 0.2) is 23.8 Å². The summed E-state index contributed by atoms with van der Waals surface area (Å²) < 4.78 is 29.8. The van der Waals surface area contributed by atoms with Gasteiger partial charge in [-0.3, -0.25) is 4.79 Å². The first-order valence-electron chi connectivity index (χ1n) is 10.1. The lowest BCUT2D eigenvalue weighted by Gasteiger charge is -2.53. The highest BCUT2D eigenvalue weighted by Gasteiger charge is 2.88. The van der Waals surface area contributed by atoms with E-state index < -0.39 is 41.3 Å². The van der Waals surface area contributed by atoms with Gasteiger partial charge < -0.3 is 23.7 Å². The minimum atomic E-state index is -1.31. The Bertz CT molecular complexity index is 825. The average Bonchev–Trinajstić information content (AvgIpc) is 3.36. The number of epoxide rings is 1. The molecule has 0 N–H and O–H groups in total. The molecule has 0 bridgehead atoms. The zero-order valence-corrected chi connectivity index (χ0v) is 18.2. The van der Waals surface area contributed by atoms with E-state index in [1.807, 2.05) is 27.7 Å². The molecule has 7 nitrogen and oxygen atoms in total. The van der Waals surface area contributed by atoms with E-state index >= 15 is 0 Å². The largest absolute Gasteiger partial charge is 0.454 e. The first-order chi connectivity index (χ1) is 13.6. The molecule has 1 saturated heterocycles. The number of hydrogen-bond donors (Lipinski definition) is 0. The van der Waals surface area contributed by atoms with Crippen molar-refractivity contribution in [2.24, 2.45) is 11.3 Å². The molecule has 0 radical (unpaired) electrons. The molecule has 2 aliphatic carbocycles. The summed E-state index contributed by atoms with van der Waals surface area (Å²) >= 11 is 0. The van der Waals surface area contributed by atoms with Gasteiger partial charge in [0.25, 0.3) is 0 Å². The van der Waals surface area contributed by atoms with Crippen LogP contribution in [0.3, 0.4) is 0 Å². The van der Waals surface area contributed by atoms with E-state index in [1.165, 1.54) is 13.2 Å². The van der Waals surface area contributed by atoms with Gasteiger partial charge in [-0.1, -0.05) is 19.4 Å². The van der Waals surface area contributed by atoms with E-state index in [2.05, 4.69) is 6.92 Å². The van der Waals surface area contributed by atoms with Crippen LogP contribution >= 0.6 is 0 Å². The molecule has 0 aromatic carbocycles. The van der Waals surface area contributed by atoms with Crippen molar-refractivity contribution < 1.29 is 33.3 Å². The van der Waals surface area contributed by atoms with Crippen LogP contribution in [0.4, 0.5) is 0 Å². The first-order valence-corrected chi connectivity index (χ1v) is 10.1. The van der Waals surface area contributed by atoms with Crippen molar-refractivity contribution in [1.29, 1.82) is 0 Å². The zero-order valence-electron chi connectivity index (χ0n) is 18.2. The standard InChI is InChI=1S/C22H30O7/c1-11(2)10-15(24)27-17-16-13(4)18(25-6)28-22(16,26-7)19-21(29-19)14(23)9-8-12(3)20(17,21)5/h10,12,17-19H,8-9H2,1-7H3/t12-,17+,18-,19-,20-,21+,22-/m0/s1. The Kier molecular flexibility index (Phi) is 4.63. The van der Waals surface area contributed by atoms with Crippen LogP contribution in [0.25, 0.3) is 0 Å². The summed E-state index contributed by atoms with van der Waals surface area (Å²) in [5, 5.41) is 0. The molecule has 0 unspecified atom stereocenters. The Morgan fingerprint density at radius 3 is 2.52 bits per heavy atom. The van der Waals surface area contributed by atoms with Crippen LogP contribution in [0.2, 0.25) is 0 Å². The molecule has 0 aromatic heterocycles. The number of hydrogen-bond acceptors (Lipinski definition) is 7. The second-order valence-electron chi connectivity index (χ2n) is 9.07. The molecule has 29 heavy (non-hydrogen) atoms. The predicted molar refractivity (Wildman–Crippen MR) is 103 cm³/mol. The molecule has 2 saturated carbocycles. The maximum Gasteiger partial charge on any atom is 0.331 e. The van der Waals surface area contributed by atoms with Crippen LogP contribution in [-0.2, 0) is 33.3 Å². The van der Waals surface area contributed by atoms with E-state index in [1.54, 1.807) is 7.11 Å². The van der Waals surface area contributed by atoms with Crippen molar-refractivity contribution >= 4 is 11.8 Å². The number of esters is 1. The molecule has 0 aromatic rings. The Morgan fingerprint density at radius 2 is 1.93 bits per heavy atom. The first kappa shape index (κ1) is 20.7. The Balaban J connectivity index is 1.92. The van der Waals surface area contributed by atoms with E-state index in [0.717, 1.165) is 11.1 Å². The van der Waals surface area contributed by atoms with Gasteiger partial charge in [0.1, 0.15) is 6.10 Å². The monoisotopic (exact) mass is 406 g/mol. The predicted octanol–water partition coefficient (Wildman–Crippen LogP) is 2.68. The Hall–Kier alpha value is -1.54. The van der Waals surface area contributed by atoms with Crippen LogP contribution in [0, 0.1) is 11.3 Å². The van der Waals surface area contributed by atoms with Crippen LogP contribution in [0.5, 0.6) is 0 Å². The van der Waals surface area contributed by atoms with E-state index in [-0.39, 0.29) is 11.7 Å². The smallest absolute Gasteiger partial charge is 0.331 e. The number of fused-ring (bicyclic) bond motifs is 2. The van der Waals surface area contributed by atoms with Crippen molar-refractivity contribution in [1.82, 2.24) is 0 Å². The molecule has 0 amide bonds. The molecular formula is C22H30O7. The molecule has 1 spiro atoms. The maximum absolute atomic E-state index is 13.2. The fourth-order valence-electron chi connectivity index (χ4n) is 5.73. The minimum absolute atomic E-state index is 0.0176. The quantitative estimate of drug-likeness (QED) is 0.307. The lowest BCUT2D eigenvalue weighted by Crippen LogP contribution is -2.67. The number of rotatable bonds is 4. The van der Waals surface area contributed by atoms with Gasteiger partial charge in [-0.2, -0.15) is 0 Å². The summed E-state index contributed by atoms with van der Waals surface area (Å²) in [6.07, 6.45) is 0.606. The van der Waals surface area contributed by atoms with Gasteiger partial charge in [-0.15, -0.1) is 0 Å². The summed E-state index contributed by atoms with van der Waals surface area (Å²) in [6.45, 7) is 9.65. The third kappa shape index (κ3) is 2.39.